The maximum atomic E-state index is 10.8. The first-order chi connectivity index (χ1) is 4.75. The molecular weight excluding hydrogens is 130 g/mol. The summed E-state index contributed by atoms with van der Waals surface area (Å²) in [7, 11) is 0. The van der Waals surface area contributed by atoms with Crippen molar-refractivity contribution in [3.8, 4) is 6.07 Å². The van der Waals surface area contributed by atoms with Crippen molar-refractivity contribution < 1.29 is 4.79 Å². The van der Waals surface area contributed by atoms with Crippen LogP contribution in [0.4, 0.5) is 0 Å². The smallest absolute Gasteiger partial charge is 0.182 e. The van der Waals surface area contributed by atoms with Gasteiger partial charge in [-0.1, -0.05) is 0 Å². The fraction of sp³-hybridized carbons (Fsp3) is 0.167. The number of Topliss-reactive ketones (excluding diaryl/α,β-unsaturated/α-hetero) is 1. The number of rotatable bonds is 0. The number of carbonyl (C=O) groups is 1. The Hall–Kier alpha value is -1.63. The van der Waals surface area contributed by atoms with Gasteiger partial charge in [0.2, 0.25) is 0 Å². The highest BCUT2D eigenvalue weighted by molar-refractivity contribution is 6.08. The van der Waals surface area contributed by atoms with Crippen molar-refractivity contribution in [3.05, 3.63) is 11.4 Å². The van der Waals surface area contributed by atoms with E-state index in [-0.39, 0.29) is 23.6 Å². The third-order valence-electron chi connectivity index (χ3n) is 1.15. The highest BCUT2D eigenvalue weighted by Gasteiger charge is 2.14. The van der Waals surface area contributed by atoms with E-state index in [0.29, 0.717) is 0 Å². The lowest BCUT2D eigenvalue weighted by molar-refractivity contribution is -0.114. The van der Waals surface area contributed by atoms with Crippen LogP contribution < -0.4 is 5.73 Å². The molecule has 0 radical (unpaired) electrons. The molecule has 4 nitrogen and oxygen atoms in total. The zero-order valence-corrected chi connectivity index (χ0v) is 5.16. The second kappa shape index (κ2) is 2.31. The van der Waals surface area contributed by atoms with Crippen LogP contribution in [0.25, 0.3) is 0 Å². The summed E-state index contributed by atoms with van der Waals surface area (Å²) in [5.41, 5.74) is 5.19. The summed E-state index contributed by atoms with van der Waals surface area (Å²) in [6, 6.07) is 1.69. The molecule has 0 spiro atoms. The van der Waals surface area contributed by atoms with Crippen molar-refractivity contribution >= 4 is 12.0 Å². The molecular formula is C6H5N3O. The predicted octanol–water partition coefficient (Wildman–Crippen LogP) is -0.276. The number of nitrogens with zero attached hydrogens (tertiary/aromatic N) is 2. The van der Waals surface area contributed by atoms with Gasteiger partial charge < -0.3 is 5.73 Å². The number of aliphatic imine (C=N–C) groups is 1. The highest BCUT2D eigenvalue weighted by atomic mass is 16.1. The van der Waals surface area contributed by atoms with Gasteiger partial charge in [-0.2, -0.15) is 5.26 Å². The molecule has 0 aromatic rings. The molecule has 0 amide bonds. The number of hydrogen-bond acceptors (Lipinski definition) is 4. The average molecular weight is 135 g/mol. The van der Waals surface area contributed by atoms with Gasteiger partial charge in [-0.15, -0.1) is 0 Å². The Balaban J connectivity index is 3.09. The van der Waals surface area contributed by atoms with E-state index in [1.807, 2.05) is 0 Å². The lowest BCUT2D eigenvalue weighted by atomic mass is 10.1. The van der Waals surface area contributed by atoms with E-state index in [1.165, 1.54) is 6.21 Å². The normalized spacial score (nSPS) is 17.3. The zero-order valence-electron chi connectivity index (χ0n) is 5.16. The third kappa shape index (κ3) is 0.890. The van der Waals surface area contributed by atoms with Crippen LogP contribution in [0.15, 0.2) is 16.4 Å². The third-order valence-corrected chi connectivity index (χ3v) is 1.15. The maximum absolute atomic E-state index is 10.8. The fourth-order valence-electron chi connectivity index (χ4n) is 0.656. The van der Waals surface area contributed by atoms with Crippen molar-refractivity contribution in [3.63, 3.8) is 0 Å². The Morgan fingerprint density at radius 1 is 1.80 bits per heavy atom. The summed E-state index contributed by atoms with van der Waals surface area (Å²) in [6.07, 6.45) is 1.59. The van der Waals surface area contributed by atoms with E-state index in [0.717, 1.165) is 0 Å². The Labute approximate surface area is 57.7 Å². The van der Waals surface area contributed by atoms with Crippen LogP contribution in [0, 0.1) is 11.3 Å². The van der Waals surface area contributed by atoms with Gasteiger partial charge in [-0.3, -0.25) is 4.79 Å². The molecule has 4 heteroatoms. The molecule has 1 rings (SSSR count). The summed E-state index contributed by atoms with van der Waals surface area (Å²) in [5.74, 6) is -0.228. The predicted molar refractivity (Wildman–Crippen MR) is 34.9 cm³/mol. The van der Waals surface area contributed by atoms with Gasteiger partial charge in [0.25, 0.3) is 0 Å². The molecule has 0 aromatic heterocycles. The van der Waals surface area contributed by atoms with E-state index in [1.54, 1.807) is 6.07 Å². The molecule has 0 saturated carbocycles. The first-order valence-electron chi connectivity index (χ1n) is 2.71. The van der Waals surface area contributed by atoms with Crippen LogP contribution in [-0.2, 0) is 4.79 Å². The molecule has 0 fully saturated rings. The lowest BCUT2D eigenvalue weighted by Crippen LogP contribution is -2.13. The monoisotopic (exact) mass is 135 g/mol. The van der Waals surface area contributed by atoms with E-state index >= 15 is 0 Å². The minimum Gasteiger partial charge on any atom is -0.383 e. The Bertz CT molecular complexity index is 269. The molecule has 0 atom stereocenters. The SMILES string of the molecule is N#CC1=C(N)N=CCC1=O. The molecule has 1 aliphatic rings. The number of allylic oxidation sites excluding steroid dienone is 1. The van der Waals surface area contributed by atoms with Crippen molar-refractivity contribution in [1.29, 1.82) is 5.26 Å². The number of ketones is 1. The van der Waals surface area contributed by atoms with Crippen LogP contribution in [-0.4, -0.2) is 12.0 Å². The van der Waals surface area contributed by atoms with E-state index in [2.05, 4.69) is 4.99 Å². The van der Waals surface area contributed by atoms with Gasteiger partial charge in [-0.25, -0.2) is 4.99 Å². The first kappa shape index (κ1) is 6.49. The van der Waals surface area contributed by atoms with Gasteiger partial charge >= 0.3 is 0 Å². The summed E-state index contributed by atoms with van der Waals surface area (Å²) in [6.45, 7) is 0. The van der Waals surface area contributed by atoms with Crippen molar-refractivity contribution in [2.24, 2.45) is 10.7 Å². The summed E-state index contributed by atoms with van der Waals surface area (Å²) >= 11 is 0. The minimum absolute atomic E-state index is 0.0255. The fourth-order valence-corrected chi connectivity index (χ4v) is 0.656. The maximum Gasteiger partial charge on any atom is 0.182 e. The summed E-state index contributed by atoms with van der Waals surface area (Å²) in [4.78, 5) is 14.4. The average Bonchev–Trinajstić information content (AvgIpc) is 1.88. The number of nitrogens with two attached hydrogens (primary N) is 1. The van der Waals surface area contributed by atoms with Crippen molar-refractivity contribution in [1.82, 2.24) is 0 Å². The molecule has 0 aliphatic carbocycles. The Morgan fingerprint density at radius 2 is 2.50 bits per heavy atom. The topological polar surface area (TPSA) is 79.2 Å². The molecule has 1 aliphatic heterocycles. The van der Waals surface area contributed by atoms with Crippen LogP contribution in [0.2, 0.25) is 0 Å². The van der Waals surface area contributed by atoms with Crippen molar-refractivity contribution in [2.75, 3.05) is 0 Å². The summed E-state index contributed by atoms with van der Waals surface area (Å²) in [5, 5.41) is 8.35. The standard InChI is InChI=1S/C6H5N3O/c7-3-4-5(10)1-2-9-6(4)8/h2H,1,8H2. The van der Waals surface area contributed by atoms with Crippen LogP contribution in [0.1, 0.15) is 6.42 Å². The van der Waals surface area contributed by atoms with Gasteiger partial charge in [0.15, 0.2) is 5.78 Å². The van der Waals surface area contributed by atoms with Gasteiger partial charge in [0.1, 0.15) is 17.5 Å². The molecule has 50 valence electrons. The molecule has 0 saturated heterocycles. The number of carbonyl (C=O) groups excluding carboxylic acids is 1. The Kier molecular flexibility index (Phi) is 1.50. The minimum atomic E-state index is -0.255. The molecule has 0 bridgehead atoms. The molecule has 0 unspecified atom stereocenters. The zero-order chi connectivity index (χ0) is 7.56. The van der Waals surface area contributed by atoms with Gasteiger partial charge in [0.05, 0.1) is 0 Å². The second-order valence-electron chi connectivity index (χ2n) is 1.81. The Morgan fingerprint density at radius 3 is 2.90 bits per heavy atom. The van der Waals surface area contributed by atoms with E-state index in [9.17, 15) is 4.79 Å². The van der Waals surface area contributed by atoms with Gasteiger partial charge in [0, 0.05) is 12.6 Å². The second-order valence-corrected chi connectivity index (χ2v) is 1.81. The molecule has 10 heavy (non-hydrogen) atoms. The summed E-state index contributed by atoms with van der Waals surface area (Å²) < 4.78 is 0. The number of nitriles is 1. The lowest BCUT2D eigenvalue weighted by Gasteiger charge is -2.01. The molecule has 0 aromatic carbocycles. The van der Waals surface area contributed by atoms with Crippen LogP contribution in [0.5, 0.6) is 0 Å². The quantitative estimate of drug-likeness (QED) is 0.496. The van der Waals surface area contributed by atoms with Crippen molar-refractivity contribution in [2.45, 2.75) is 6.42 Å². The van der Waals surface area contributed by atoms with Crippen LogP contribution >= 0.6 is 0 Å². The highest BCUT2D eigenvalue weighted by Crippen LogP contribution is 2.07. The molecule has 2 N–H and O–H groups in total. The van der Waals surface area contributed by atoms with Gasteiger partial charge in [-0.05, 0) is 0 Å². The van der Waals surface area contributed by atoms with E-state index < -0.39 is 0 Å². The number of hydrogen-bond donors (Lipinski definition) is 1. The van der Waals surface area contributed by atoms with E-state index in [4.69, 9.17) is 11.0 Å². The van der Waals surface area contributed by atoms with Crippen LogP contribution in [0.3, 0.4) is 0 Å². The largest absolute Gasteiger partial charge is 0.383 e. The first-order valence-corrected chi connectivity index (χ1v) is 2.71. The molecule has 1 heterocycles.